The summed E-state index contributed by atoms with van der Waals surface area (Å²) in [6, 6.07) is 32.0. The van der Waals surface area contributed by atoms with E-state index in [1.165, 1.54) is 0 Å². The van der Waals surface area contributed by atoms with Crippen molar-refractivity contribution in [1.82, 2.24) is 15.0 Å². The highest BCUT2D eigenvalue weighted by Gasteiger charge is 2.28. The van der Waals surface area contributed by atoms with Crippen molar-refractivity contribution in [2.75, 3.05) is 16.5 Å². The molecule has 6 heteroatoms. The Hall–Kier alpha value is -4.71. The van der Waals surface area contributed by atoms with Crippen LogP contribution in [0, 0.1) is 0 Å². The average molecular weight is 444 g/mol. The number of nitrogens with zero attached hydrogens (tertiary/aromatic N) is 5. The fraction of sp³-hybridized carbons (Fsp3) is 0.0357. The standard InChI is InChI=1S/C28H21N5O/c1-2-12-27-26(11-1)32(20-33(27)28-13-4-6-16-31-28)21-8-7-9-22(18-21)34-23-14-17-30-25(19-23)24-10-3-5-15-29-24/h1-19H,20H2. The van der Waals surface area contributed by atoms with Crippen LogP contribution in [0.4, 0.5) is 22.9 Å². The van der Waals surface area contributed by atoms with E-state index in [2.05, 4.69) is 61.1 Å². The van der Waals surface area contributed by atoms with Crippen molar-refractivity contribution >= 4 is 22.9 Å². The lowest BCUT2D eigenvalue weighted by Gasteiger charge is -2.21. The van der Waals surface area contributed by atoms with Gasteiger partial charge in [-0.15, -0.1) is 0 Å². The Kier molecular flexibility index (Phi) is 5.09. The molecule has 2 aromatic carbocycles. The summed E-state index contributed by atoms with van der Waals surface area (Å²) in [5, 5.41) is 0. The summed E-state index contributed by atoms with van der Waals surface area (Å²) in [5.74, 6) is 2.39. The van der Waals surface area contributed by atoms with Crippen LogP contribution in [-0.4, -0.2) is 21.6 Å². The molecule has 5 aromatic rings. The number of anilines is 4. The molecule has 0 amide bonds. The lowest BCUT2D eigenvalue weighted by molar-refractivity contribution is 0.482. The van der Waals surface area contributed by atoms with E-state index >= 15 is 0 Å². The molecular weight excluding hydrogens is 422 g/mol. The van der Waals surface area contributed by atoms with E-state index in [4.69, 9.17) is 4.74 Å². The van der Waals surface area contributed by atoms with Crippen molar-refractivity contribution in [3.05, 3.63) is 116 Å². The first kappa shape index (κ1) is 19.9. The van der Waals surface area contributed by atoms with Crippen LogP contribution >= 0.6 is 0 Å². The van der Waals surface area contributed by atoms with Crippen LogP contribution in [-0.2, 0) is 0 Å². The van der Waals surface area contributed by atoms with Crippen LogP contribution in [0.2, 0.25) is 0 Å². The first-order chi connectivity index (χ1) is 16.8. The molecular formula is C28H21N5O. The molecule has 0 atom stereocenters. The number of rotatable bonds is 5. The zero-order valence-electron chi connectivity index (χ0n) is 18.3. The molecule has 0 spiro atoms. The maximum atomic E-state index is 6.22. The van der Waals surface area contributed by atoms with Crippen LogP contribution in [0.1, 0.15) is 0 Å². The topological polar surface area (TPSA) is 54.4 Å². The van der Waals surface area contributed by atoms with Crippen LogP contribution in [0.5, 0.6) is 11.5 Å². The monoisotopic (exact) mass is 443 g/mol. The predicted molar refractivity (Wildman–Crippen MR) is 134 cm³/mol. The molecule has 0 unspecified atom stereocenters. The summed E-state index contributed by atoms with van der Waals surface area (Å²) < 4.78 is 6.22. The van der Waals surface area contributed by atoms with Crippen molar-refractivity contribution in [2.45, 2.75) is 0 Å². The predicted octanol–water partition coefficient (Wildman–Crippen LogP) is 6.58. The second-order valence-electron chi connectivity index (χ2n) is 7.87. The molecule has 4 heterocycles. The molecule has 0 aliphatic carbocycles. The highest BCUT2D eigenvalue weighted by molar-refractivity contribution is 5.86. The Morgan fingerprint density at radius 3 is 2.09 bits per heavy atom. The van der Waals surface area contributed by atoms with Crippen LogP contribution in [0.3, 0.4) is 0 Å². The minimum atomic E-state index is 0.666. The lowest BCUT2D eigenvalue weighted by atomic mass is 10.2. The Labute approximate surface area is 197 Å². The quantitative estimate of drug-likeness (QED) is 0.306. The highest BCUT2D eigenvalue weighted by atomic mass is 16.5. The normalized spacial score (nSPS) is 12.5. The fourth-order valence-corrected chi connectivity index (χ4v) is 4.12. The Balaban J connectivity index is 1.29. The fourth-order valence-electron chi connectivity index (χ4n) is 4.12. The smallest absolute Gasteiger partial charge is 0.134 e. The summed E-state index contributed by atoms with van der Waals surface area (Å²) >= 11 is 0. The van der Waals surface area contributed by atoms with E-state index in [1.807, 2.05) is 66.9 Å². The lowest BCUT2D eigenvalue weighted by Crippen LogP contribution is -2.24. The van der Waals surface area contributed by atoms with Crippen LogP contribution < -0.4 is 14.5 Å². The first-order valence-electron chi connectivity index (χ1n) is 11.1. The van der Waals surface area contributed by atoms with Gasteiger partial charge in [-0.2, -0.15) is 0 Å². The number of pyridine rings is 3. The van der Waals surface area contributed by atoms with Gasteiger partial charge in [-0.3, -0.25) is 9.97 Å². The highest BCUT2D eigenvalue weighted by Crippen LogP contribution is 2.44. The Morgan fingerprint density at radius 2 is 1.29 bits per heavy atom. The van der Waals surface area contributed by atoms with Gasteiger partial charge in [0.1, 0.15) is 24.0 Å². The molecule has 3 aromatic heterocycles. The van der Waals surface area contributed by atoms with Crippen molar-refractivity contribution in [1.29, 1.82) is 0 Å². The number of ether oxygens (including phenoxy) is 1. The SMILES string of the molecule is c1ccc(-c2cc(Oc3cccc(N4CN(c5ccccn5)c5ccccc54)c3)ccn2)nc1. The number of hydrogen-bond donors (Lipinski definition) is 0. The molecule has 34 heavy (non-hydrogen) atoms. The zero-order chi connectivity index (χ0) is 22.7. The largest absolute Gasteiger partial charge is 0.457 e. The molecule has 1 aliphatic rings. The molecule has 1 aliphatic heterocycles. The summed E-state index contributed by atoms with van der Waals surface area (Å²) in [7, 11) is 0. The third-order valence-corrected chi connectivity index (χ3v) is 5.70. The molecule has 6 rings (SSSR count). The summed E-state index contributed by atoms with van der Waals surface area (Å²) in [6.45, 7) is 0.666. The number of benzene rings is 2. The van der Waals surface area contributed by atoms with E-state index < -0.39 is 0 Å². The van der Waals surface area contributed by atoms with Gasteiger partial charge in [0.25, 0.3) is 0 Å². The molecule has 0 radical (unpaired) electrons. The van der Waals surface area contributed by atoms with Gasteiger partial charge in [-0.1, -0.05) is 30.3 Å². The summed E-state index contributed by atoms with van der Waals surface area (Å²) in [4.78, 5) is 17.9. The van der Waals surface area contributed by atoms with Gasteiger partial charge in [0.05, 0.1) is 22.8 Å². The summed E-state index contributed by atoms with van der Waals surface area (Å²) in [6.07, 6.45) is 5.32. The minimum Gasteiger partial charge on any atom is -0.457 e. The number of fused-ring (bicyclic) bond motifs is 1. The zero-order valence-corrected chi connectivity index (χ0v) is 18.3. The molecule has 0 bridgehead atoms. The van der Waals surface area contributed by atoms with Gasteiger partial charge in [0.15, 0.2) is 0 Å². The van der Waals surface area contributed by atoms with E-state index in [-0.39, 0.29) is 0 Å². The van der Waals surface area contributed by atoms with Crippen molar-refractivity contribution < 1.29 is 4.74 Å². The van der Waals surface area contributed by atoms with Crippen LogP contribution in [0.15, 0.2) is 116 Å². The van der Waals surface area contributed by atoms with Crippen molar-refractivity contribution in [2.24, 2.45) is 0 Å². The second kappa shape index (κ2) is 8.67. The summed E-state index contributed by atoms with van der Waals surface area (Å²) in [5.41, 5.74) is 4.88. The molecule has 6 nitrogen and oxygen atoms in total. The van der Waals surface area contributed by atoms with Crippen molar-refractivity contribution in [3.8, 4) is 22.9 Å². The third kappa shape index (κ3) is 3.82. The van der Waals surface area contributed by atoms with E-state index in [0.29, 0.717) is 12.4 Å². The van der Waals surface area contributed by atoms with Crippen molar-refractivity contribution in [3.63, 3.8) is 0 Å². The molecule has 0 saturated heterocycles. The third-order valence-electron chi connectivity index (χ3n) is 5.70. The Morgan fingerprint density at radius 1 is 0.559 bits per heavy atom. The van der Waals surface area contributed by atoms with E-state index in [1.54, 1.807) is 12.4 Å². The average Bonchev–Trinajstić information content (AvgIpc) is 3.30. The number of hydrogen-bond acceptors (Lipinski definition) is 6. The van der Waals surface area contributed by atoms with Gasteiger partial charge >= 0.3 is 0 Å². The number of aromatic nitrogens is 3. The maximum absolute atomic E-state index is 6.22. The minimum absolute atomic E-state index is 0.666. The molecule has 0 saturated carbocycles. The van der Waals surface area contributed by atoms with Crippen LogP contribution in [0.25, 0.3) is 11.4 Å². The van der Waals surface area contributed by atoms with Gasteiger partial charge < -0.3 is 14.5 Å². The maximum Gasteiger partial charge on any atom is 0.134 e. The second-order valence-corrected chi connectivity index (χ2v) is 7.87. The van der Waals surface area contributed by atoms with E-state index in [0.717, 1.165) is 40.0 Å². The molecule has 0 N–H and O–H groups in total. The number of para-hydroxylation sites is 2. The van der Waals surface area contributed by atoms with E-state index in [9.17, 15) is 0 Å². The van der Waals surface area contributed by atoms with Gasteiger partial charge in [0.2, 0.25) is 0 Å². The molecule has 164 valence electrons. The van der Waals surface area contributed by atoms with Gasteiger partial charge in [0, 0.05) is 36.4 Å². The Bertz CT molecular complexity index is 1430. The van der Waals surface area contributed by atoms with Gasteiger partial charge in [-0.05, 0) is 54.6 Å². The first-order valence-corrected chi connectivity index (χ1v) is 11.1. The van der Waals surface area contributed by atoms with Gasteiger partial charge in [-0.25, -0.2) is 4.98 Å². The molecule has 0 fully saturated rings.